The van der Waals surface area contributed by atoms with Crippen molar-refractivity contribution in [2.24, 2.45) is 10.9 Å². The zero-order valence-corrected chi connectivity index (χ0v) is 9.67. The predicted octanol–water partition coefficient (Wildman–Crippen LogP) is 4.22. The molecule has 0 radical (unpaired) electrons. The third-order valence-electron chi connectivity index (χ3n) is 1.24. The molecular formula is C12H23N. The van der Waals surface area contributed by atoms with E-state index in [1.165, 1.54) is 0 Å². The molecule has 0 saturated carbocycles. The van der Waals surface area contributed by atoms with E-state index in [9.17, 15) is 0 Å². The maximum absolute atomic E-state index is 4.22. The second-order valence-electron chi connectivity index (χ2n) is 2.90. The van der Waals surface area contributed by atoms with Crippen LogP contribution < -0.4 is 0 Å². The van der Waals surface area contributed by atoms with Gasteiger partial charge >= 0.3 is 0 Å². The van der Waals surface area contributed by atoms with Gasteiger partial charge in [-0.1, -0.05) is 40.3 Å². The van der Waals surface area contributed by atoms with E-state index in [0.717, 1.165) is 12.1 Å². The summed E-state index contributed by atoms with van der Waals surface area (Å²) in [5, 5.41) is 0. The molecule has 0 atom stereocenters. The quantitative estimate of drug-likeness (QED) is 0.576. The van der Waals surface area contributed by atoms with E-state index in [0.29, 0.717) is 5.92 Å². The van der Waals surface area contributed by atoms with Crippen molar-refractivity contribution in [1.29, 1.82) is 0 Å². The lowest BCUT2D eigenvalue weighted by Crippen LogP contribution is -1.98. The van der Waals surface area contributed by atoms with Crippen LogP contribution in [0.2, 0.25) is 0 Å². The fourth-order valence-electron chi connectivity index (χ4n) is 0.777. The van der Waals surface area contributed by atoms with Crippen molar-refractivity contribution in [1.82, 2.24) is 0 Å². The number of nitrogens with zero attached hydrogens (tertiary/aromatic N) is 1. The smallest absolute Gasteiger partial charge is 0.0400 e. The first-order valence-corrected chi connectivity index (χ1v) is 5.01. The summed E-state index contributed by atoms with van der Waals surface area (Å²) in [4.78, 5) is 4.22. The molecule has 0 aromatic rings. The van der Waals surface area contributed by atoms with Crippen molar-refractivity contribution in [2.75, 3.05) is 0 Å². The molecule has 0 heterocycles. The molecule has 0 aromatic carbocycles. The molecule has 0 bridgehead atoms. The molecule has 0 N–H and O–H groups in total. The minimum absolute atomic E-state index is 0.650. The summed E-state index contributed by atoms with van der Waals surface area (Å²) in [5.74, 6) is 0.650. The molecular weight excluding hydrogens is 158 g/mol. The molecule has 0 rings (SSSR count). The van der Waals surface area contributed by atoms with E-state index in [2.05, 4.69) is 25.4 Å². The molecule has 76 valence electrons. The summed E-state index contributed by atoms with van der Waals surface area (Å²) in [6.45, 7) is 14.0. The molecule has 0 amide bonds. The number of hydrogen-bond acceptors (Lipinski definition) is 1. The molecule has 0 spiro atoms. The Kier molecular flexibility index (Phi) is 12.6. The Balaban J connectivity index is 0. The second kappa shape index (κ2) is 11.2. The van der Waals surface area contributed by atoms with Crippen molar-refractivity contribution in [3.63, 3.8) is 0 Å². The molecule has 1 heteroatoms. The van der Waals surface area contributed by atoms with Crippen LogP contribution in [0.4, 0.5) is 0 Å². The maximum atomic E-state index is 4.22. The topological polar surface area (TPSA) is 12.4 Å². The minimum Gasteiger partial charge on any atom is -0.262 e. The Bertz CT molecular complexity index is 164. The average Bonchev–Trinajstić information content (AvgIpc) is 2.15. The van der Waals surface area contributed by atoms with E-state index >= 15 is 0 Å². The fourth-order valence-corrected chi connectivity index (χ4v) is 0.777. The van der Waals surface area contributed by atoms with Gasteiger partial charge in [0.05, 0.1) is 0 Å². The van der Waals surface area contributed by atoms with Crippen LogP contribution in [-0.4, -0.2) is 5.71 Å². The second-order valence-corrected chi connectivity index (χ2v) is 2.90. The van der Waals surface area contributed by atoms with Crippen LogP contribution in [0.15, 0.2) is 29.9 Å². The molecule has 0 aromatic heterocycles. The van der Waals surface area contributed by atoms with Gasteiger partial charge in [0.1, 0.15) is 0 Å². The Morgan fingerprint density at radius 2 is 1.92 bits per heavy atom. The first-order valence-electron chi connectivity index (χ1n) is 5.01. The summed E-state index contributed by atoms with van der Waals surface area (Å²) >= 11 is 0. The molecule has 0 fully saturated rings. The largest absolute Gasteiger partial charge is 0.262 e. The Morgan fingerprint density at radius 1 is 1.38 bits per heavy atom. The first-order chi connectivity index (χ1) is 6.20. The SMILES string of the molecule is C=CC(CC(C)C)=N/C=C\C.CC. The highest BCUT2D eigenvalue weighted by molar-refractivity contribution is 5.94. The Labute approximate surface area is 83.3 Å². The van der Waals surface area contributed by atoms with Crippen LogP contribution in [0.3, 0.4) is 0 Å². The lowest BCUT2D eigenvalue weighted by atomic mass is 10.1. The van der Waals surface area contributed by atoms with Crippen LogP contribution in [0.25, 0.3) is 0 Å². The van der Waals surface area contributed by atoms with Crippen molar-refractivity contribution in [3.05, 3.63) is 24.9 Å². The maximum Gasteiger partial charge on any atom is 0.0400 e. The van der Waals surface area contributed by atoms with Crippen LogP contribution in [-0.2, 0) is 0 Å². The van der Waals surface area contributed by atoms with Crippen molar-refractivity contribution >= 4 is 5.71 Å². The molecule has 0 aliphatic heterocycles. The van der Waals surface area contributed by atoms with E-state index in [1.54, 1.807) is 6.20 Å². The molecule has 0 aliphatic rings. The van der Waals surface area contributed by atoms with Crippen LogP contribution >= 0.6 is 0 Å². The summed E-state index contributed by atoms with van der Waals surface area (Å²) in [6, 6.07) is 0. The lowest BCUT2D eigenvalue weighted by molar-refractivity contribution is 0.685. The normalized spacial score (nSPS) is 11.4. The highest BCUT2D eigenvalue weighted by atomic mass is 14.7. The zero-order valence-electron chi connectivity index (χ0n) is 9.67. The molecule has 1 nitrogen and oxygen atoms in total. The molecule has 0 unspecified atom stereocenters. The lowest BCUT2D eigenvalue weighted by Gasteiger charge is -2.02. The fraction of sp³-hybridized carbons (Fsp3) is 0.583. The summed E-state index contributed by atoms with van der Waals surface area (Å²) in [5.41, 5.74) is 1.07. The number of rotatable bonds is 4. The van der Waals surface area contributed by atoms with Gasteiger partial charge in [-0.3, -0.25) is 4.99 Å². The van der Waals surface area contributed by atoms with Gasteiger partial charge in [0.25, 0.3) is 0 Å². The number of aliphatic imine (C=N–C) groups is 1. The monoisotopic (exact) mass is 181 g/mol. The Hall–Kier alpha value is -0.850. The van der Waals surface area contributed by atoms with Gasteiger partial charge in [-0.15, -0.1) is 0 Å². The van der Waals surface area contributed by atoms with Crippen molar-refractivity contribution < 1.29 is 0 Å². The van der Waals surface area contributed by atoms with E-state index in [4.69, 9.17) is 0 Å². The van der Waals surface area contributed by atoms with Crippen molar-refractivity contribution in [2.45, 2.75) is 41.0 Å². The molecule has 13 heavy (non-hydrogen) atoms. The van der Waals surface area contributed by atoms with E-state index in [-0.39, 0.29) is 0 Å². The predicted molar refractivity (Wildman–Crippen MR) is 63.2 cm³/mol. The van der Waals surface area contributed by atoms with Gasteiger partial charge in [0.15, 0.2) is 0 Å². The van der Waals surface area contributed by atoms with Gasteiger partial charge in [-0.05, 0) is 25.3 Å². The average molecular weight is 181 g/mol. The number of hydrogen-bond donors (Lipinski definition) is 0. The van der Waals surface area contributed by atoms with Gasteiger partial charge in [0.2, 0.25) is 0 Å². The standard InChI is InChI=1S/C10H17N.C2H6/c1-5-7-11-10(6-2)8-9(3)4;1-2/h5-7,9H,2,8H2,1,3-4H3;1-2H3/b7-5-,11-10?;. The van der Waals surface area contributed by atoms with Gasteiger partial charge < -0.3 is 0 Å². The summed E-state index contributed by atoms with van der Waals surface area (Å²) in [7, 11) is 0. The zero-order chi connectivity index (χ0) is 10.7. The summed E-state index contributed by atoms with van der Waals surface area (Å²) < 4.78 is 0. The molecule has 0 saturated heterocycles. The van der Waals surface area contributed by atoms with Crippen LogP contribution in [0.1, 0.15) is 41.0 Å². The van der Waals surface area contributed by atoms with Crippen LogP contribution in [0, 0.1) is 5.92 Å². The minimum atomic E-state index is 0.650. The highest BCUT2D eigenvalue weighted by Crippen LogP contribution is 2.02. The Morgan fingerprint density at radius 3 is 2.23 bits per heavy atom. The number of allylic oxidation sites excluding steroid dienone is 2. The van der Waals surface area contributed by atoms with Gasteiger partial charge in [0, 0.05) is 11.9 Å². The third-order valence-corrected chi connectivity index (χ3v) is 1.24. The summed E-state index contributed by atoms with van der Waals surface area (Å²) in [6.07, 6.45) is 6.55. The van der Waals surface area contributed by atoms with Gasteiger partial charge in [-0.2, -0.15) is 0 Å². The van der Waals surface area contributed by atoms with Crippen LogP contribution in [0.5, 0.6) is 0 Å². The first kappa shape index (κ1) is 14.7. The van der Waals surface area contributed by atoms with Gasteiger partial charge in [-0.25, -0.2) is 0 Å². The van der Waals surface area contributed by atoms with Crippen molar-refractivity contribution in [3.8, 4) is 0 Å². The third kappa shape index (κ3) is 11.1. The molecule has 0 aliphatic carbocycles. The van der Waals surface area contributed by atoms with E-state index in [1.807, 2.05) is 32.9 Å². The van der Waals surface area contributed by atoms with E-state index < -0.39 is 0 Å². The highest BCUT2D eigenvalue weighted by Gasteiger charge is 1.96.